The number of imidazole rings is 1. The summed E-state index contributed by atoms with van der Waals surface area (Å²) in [6.45, 7) is 6.91. The van der Waals surface area contributed by atoms with E-state index in [0.29, 0.717) is 0 Å². The van der Waals surface area contributed by atoms with Crippen LogP contribution in [0.15, 0.2) is 18.7 Å². The van der Waals surface area contributed by atoms with Crippen LogP contribution in [0, 0.1) is 0 Å². The van der Waals surface area contributed by atoms with Gasteiger partial charge in [-0.2, -0.15) is 13.2 Å². The van der Waals surface area contributed by atoms with Crippen LogP contribution < -0.4 is 4.57 Å². The summed E-state index contributed by atoms with van der Waals surface area (Å²) in [4.78, 5) is 0. The molecule has 1 rings (SSSR count). The molecule has 0 aliphatic heterocycles. The predicted molar refractivity (Wildman–Crippen MR) is 143 cm³/mol. The number of unbranched alkanes of at least 4 members (excludes halogenated alkanes) is 14. The van der Waals surface area contributed by atoms with Crippen molar-refractivity contribution >= 4 is 20.0 Å². The van der Waals surface area contributed by atoms with E-state index >= 15 is 0 Å². The van der Waals surface area contributed by atoms with E-state index in [1.165, 1.54) is 116 Å². The van der Waals surface area contributed by atoms with Crippen molar-refractivity contribution in [3.05, 3.63) is 22.8 Å². The Morgan fingerprint density at radius 3 is 1.54 bits per heavy atom. The van der Waals surface area contributed by atoms with Gasteiger partial charge in [0.25, 0.3) is 0 Å². The van der Waals surface area contributed by atoms with Crippen LogP contribution in [0.5, 0.6) is 0 Å². The fourth-order valence-electron chi connectivity index (χ4n) is 3.75. The zero-order valence-corrected chi connectivity index (χ0v) is 24.5. The van der Waals surface area contributed by atoms with E-state index < -0.39 is 25.6 Å². The van der Waals surface area contributed by atoms with Crippen molar-refractivity contribution in [2.24, 2.45) is 0 Å². The quantitative estimate of drug-likeness (QED) is 0.121. The normalized spacial score (nSPS) is 12.4. The van der Waals surface area contributed by atoms with Gasteiger partial charge in [0, 0.05) is 6.26 Å². The zero-order valence-electron chi connectivity index (χ0n) is 22.9. The van der Waals surface area contributed by atoms with E-state index in [1.807, 2.05) is 0 Å². The van der Waals surface area contributed by atoms with Gasteiger partial charge >= 0.3 is 5.51 Å². The van der Waals surface area contributed by atoms with E-state index in [9.17, 15) is 30.0 Å². The Morgan fingerprint density at radius 2 is 1.16 bits per heavy atom. The second kappa shape index (κ2) is 19.9. The molecule has 0 aliphatic carbocycles. The third kappa shape index (κ3) is 20.5. The number of aromatic nitrogens is 2. The number of alkyl halides is 3. The summed E-state index contributed by atoms with van der Waals surface area (Å²) in [6, 6.07) is 0. The lowest BCUT2D eigenvalue weighted by atomic mass is 10.0. The zero-order chi connectivity index (χ0) is 28.2. The van der Waals surface area contributed by atoms with Crippen molar-refractivity contribution in [1.82, 2.24) is 4.57 Å². The Bertz CT molecular complexity index is 903. The van der Waals surface area contributed by atoms with E-state index in [2.05, 4.69) is 41.7 Å². The molecular weight excluding hydrogens is 527 g/mol. The third-order valence-corrected chi connectivity index (χ3v) is 8.27. The SMILES string of the molecule is CCCCCCCCCCCCCCCC[n+]1ccn(CCCC)c1.CS(=O)(=O)[N-]S(=O)(=O)C(F)(F)F. The summed E-state index contributed by atoms with van der Waals surface area (Å²) < 4.78 is 80.7. The summed E-state index contributed by atoms with van der Waals surface area (Å²) >= 11 is 0. The molecule has 220 valence electrons. The van der Waals surface area contributed by atoms with Crippen LogP contribution >= 0.6 is 0 Å². The lowest BCUT2D eigenvalue weighted by Crippen LogP contribution is -2.30. The molecule has 0 amide bonds. The number of sulfonamides is 2. The Kier molecular flexibility index (Phi) is 19.2. The molecule has 0 spiro atoms. The second-order valence-electron chi connectivity index (χ2n) is 9.57. The van der Waals surface area contributed by atoms with Crippen LogP contribution in [0.3, 0.4) is 0 Å². The number of halogens is 3. The van der Waals surface area contributed by atoms with Crippen molar-refractivity contribution in [3.63, 3.8) is 0 Å². The smallest absolute Gasteiger partial charge is 0.429 e. The third-order valence-electron chi connectivity index (χ3n) is 5.81. The van der Waals surface area contributed by atoms with Crippen LogP contribution in [0.4, 0.5) is 13.2 Å². The van der Waals surface area contributed by atoms with Crippen LogP contribution in [0.25, 0.3) is 4.13 Å². The van der Waals surface area contributed by atoms with Crippen LogP contribution in [-0.4, -0.2) is 33.2 Å². The number of rotatable bonds is 20. The molecule has 0 N–H and O–H groups in total. The molecule has 0 fully saturated rings. The lowest BCUT2D eigenvalue weighted by molar-refractivity contribution is -0.696. The molecule has 12 heteroatoms. The van der Waals surface area contributed by atoms with E-state index in [0.717, 1.165) is 0 Å². The molecule has 0 unspecified atom stereocenters. The van der Waals surface area contributed by atoms with E-state index in [1.54, 1.807) is 4.13 Å². The summed E-state index contributed by atoms with van der Waals surface area (Å²) in [7, 11) is -10.5. The summed E-state index contributed by atoms with van der Waals surface area (Å²) in [5.41, 5.74) is -5.67. The Balaban J connectivity index is 0.000000908. The molecule has 0 saturated heterocycles. The molecule has 1 heterocycles. The second-order valence-corrected chi connectivity index (χ2v) is 13.0. The van der Waals surface area contributed by atoms with Crippen molar-refractivity contribution in [3.8, 4) is 0 Å². The highest BCUT2D eigenvalue weighted by Gasteiger charge is 2.39. The maximum atomic E-state index is 11.4. The molecule has 0 aromatic carbocycles. The minimum atomic E-state index is -5.92. The van der Waals surface area contributed by atoms with Crippen LogP contribution in [0.2, 0.25) is 0 Å². The van der Waals surface area contributed by atoms with Gasteiger partial charge in [-0.25, -0.2) is 26.0 Å². The standard InChI is InChI=1S/C23H45N2.C2H3F3NO4S2/c1-3-5-7-8-9-10-11-12-13-14-15-16-17-18-20-25-22-21-24(23-25)19-6-4-2;1-11(7,8)6-12(9,10)2(3,4)5/h21-23H,3-20H2,1-2H3;1H3/q+1;-1. The molecule has 0 bridgehead atoms. The summed E-state index contributed by atoms with van der Waals surface area (Å²) in [6.07, 6.45) is 29.7. The Morgan fingerprint density at radius 1 is 0.730 bits per heavy atom. The van der Waals surface area contributed by atoms with Gasteiger partial charge in [-0.1, -0.05) is 97.3 Å². The molecule has 1 aromatic heterocycles. The largest absolute Gasteiger partial charge is 0.480 e. The number of hydrogen-bond acceptors (Lipinski definition) is 4. The van der Waals surface area contributed by atoms with Crippen LogP contribution in [-0.2, 0) is 33.1 Å². The summed E-state index contributed by atoms with van der Waals surface area (Å²) in [5, 5.41) is 0. The average Bonchev–Trinajstić information content (AvgIpc) is 3.23. The van der Waals surface area contributed by atoms with Gasteiger partial charge in [-0.3, -0.25) is 0 Å². The average molecular weight is 576 g/mol. The first-order valence-corrected chi connectivity index (χ1v) is 16.9. The van der Waals surface area contributed by atoms with Crippen LogP contribution in [0.1, 0.15) is 117 Å². The van der Waals surface area contributed by atoms with Crippen molar-refractivity contribution in [1.29, 1.82) is 0 Å². The highest BCUT2D eigenvalue weighted by molar-refractivity contribution is 8.12. The minimum Gasteiger partial charge on any atom is -0.429 e. The Labute approximate surface area is 223 Å². The topological polar surface area (TPSA) is 91.2 Å². The molecular formula is C25H48F3N3O4S2. The van der Waals surface area contributed by atoms with Crippen molar-refractivity contribution < 1.29 is 34.6 Å². The monoisotopic (exact) mass is 575 g/mol. The molecule has 0 radical (unpaired) electrons. The Hall–Kier alpha value is -1.14. The number of nitrogens with zero attached hydrogens (tertiary/aromatic N) is 3. The molecule has 1 aromatic rings. The first-order valence-electron chi connectivity index (χ1n) is 13.6. The predicted octanol–water partition coefficient (Wildman–Crippen LogP) is 7.23. The lowest BCUT2D eigenvalue weighted by Gasteiger charge is -2.19. The first kappa shape index (κ1) is 35.9. The maximum absolute atomic E-state index is 11.4. The summed E-state index contributed by atoms with van der Waals surface area (Å²) in [5.74, 6) is 0. The number of aryl methyl sites for hydroxylation is 2. The van der Waals surface area contributed by atoms with Gasteiger partial charge in [-0.05, 0) is 19.3 Å². The molecule has 0 atom stereocenters. The van der Waals surface area contributed by atoms with Gasteiger partial charge in [0.05, 0.1) is 23.1 Å². The highest BCUT2D eigenvalue weighted by atomic mass is 32.3. The fourth-order valence-corrected chi connectivity index (χ4v) is 5.52. The molecule has 37 heavy (non-hydrogen) atoms. The van der Waals surface area contributed by atoms with Gasteiger partial charge in [0.15, 0.2) is 10.0 Å². The van der Waals surface area contributed by atoms with E-state index in [-0.39, 0.29) is 6.26 Å². The molecule has 0 saturated carbocycles. The first-order chi connectivity index (χ1) is 17.3. The van der Waals surface area contributed by atoms with Gasteiger partial charge in [-0.15, -0.1) is 0 Å². The molecule has 7 nitrogen and oxygen atoms in total. The minimum absolute atomic E-state index is 0.246. The van der Waals surface area contributed by atoms with Gasteiger partial charge in [0.1, 0.15) is 12.4 Å². The van der Waals surface area contributed by atoms with Gasteiger partial charge < -0.3 is 4.13 Å². The fraction of sp³-hybridized carbons (Fsp3) is 0.880. The maximum Gasteiger partial charge on any atom is 0.480 e. The molecule has 0 aliphatic rings. The van der Waals surface area contributed by atoms with E-state index in [4.69, 9.17) is 0 Å². The van der Waals surface area contributed by atoms with Crippen molar-refractivity contribution in [2.45, 2.75) is 135 Å². The number of hydrogen-bond donors (Lipinski definition) is 0. The highest BCUT2D eigenvalue weighted by Crippen LogP contribution is 2.29. The van der Waals surface area contributed by atoms with Gasteiger partial charge in [0.2, 0.25) is 6.33 Å². The van der Waals surface area contributed by atoms with Crippen molar-refractivity contribution in [2.75, 3.05) is 6.26 Å².